The first-order chi connectivity index (χ1) is 16.8. The van der Waals surface area contributed by atoms with E-state index in [9.17, 15) is 19.5 Å². The van der Waals surface area contributed by atoms with E-state index < -0.39 is 40.7 Å². The highest BCUT2D eigenvalue weighted by Crippen LogP contribution is 2.65. The molecule has 0 saturated carbocycles. The molecule has 4 rings (SSSR count). The molecule has 3 unspecified atom stereocenters. The minimum atomic E-state index is -1.15. The lowest BCUT2D eigenvalue weighted by Crippen LogP contribution is -2.60. The summed E-state index contributed by atoms with van der Waals surface area (Å²) in [7, 11) is 0. The molecule has 198 valence electrons. The Morgan fingerprint density at radius 1 is 1.25 bits per heavy atom. The molecule has 3 aliphatic rings. The SMILES string of the molecule is CCOc1ccc(NC(=O)[C@@H]2[C@H]3C(=O)N([C@H](C)CO)C(C(=O)NC(C)(C)C)C34CC(C)[C@@]2(C)O4)cc1. The van der Waals surface area contributed by atoms with Crippen LogP contribution in [0, 0.1) is 17.8 Å². The number of aliphatic hydroxyl groups excluding tert-OH is 1. The molecular weight excluding hydrogens is 462 g/mol. The topological polar surface area (TPSA) is 117 Å². The Kier molecular flexibility index (Phi) is 6.62. The van der Waals surface area contributed by atoms with Gasteiger partial charge in [-0.25, -0.2) is 0 Å². The van der Waals surface area contributed by atoms with Crippen LogP contribution in [0.5, 0.6) is 5.75 Å². The average Bonchev–Trinajstić information content (AvgIpc) is 3.30. The van der Waals surface area contributed by atoms with Gasteiger partial charge in [-0.2, -0.15) is 0 Å². The summed E-state index contributed by atoms with van der Waals surface area (Å²) in [4.78, 5) is 42.8. The summed E-state index contributed by atoms with van der Waals surface area (Å²) in [6.07, 6.45) is 0.476. The number of hydrogen-bond donors (Lipinski definition) is 3. The standard InChI is InChI=1S/C27H39N3O6/c1-8-35-18-11-9-17(10-12-18)28-22(32)19-20-24(34)30(16(3)14-31)21(23(33)29-25(4,5)6)27(20)13-15(2)26(19,7)36-27/h9-12,15-16,19-21,31H,8,13-14H2,1-7H3,(H,28,32)(H,29,33)/t15?,16-,19+,20+,21?,26-,27?/m1/s1. The summed E-state index contributed by atoms with van der Waals surface area (Å²) in [5.41, 5.74) is -2.00. The molecule has 7 atom stereocenters. The molecule has 3 saturated heterocycles. The summed E-state index contributed by atoms with van der Waals surface area (Å²) in [5.74, 6) is -1.96. The average molecular weight is 502 g/mol. The Bertz CT molecular complexity index is 1040. The molecule has 3 N–H and O–H groups in total. The zero-order valence-electron chi connectivity index (χ0n) is 22.3. The van der Waals surface area contributed by atoms with Gasteiger partial charge in [-0.05, 0) is 78.1 Å². The molecule has 2 bridgehead atoms. The summed E-state index contributed by atoms with van der Waals surface area (Å²) >= 11 is 0. The maximum Gasteiger partial charge on any atom is 0.246 e. The van der Waals surface area contributed by atoms with Gasteiger partial charge in [0.05, 0.1) is 36.7 Å². The lowest BCUT2D eigenvalue weighted by molar-refractivity contribution is -0.150. The Balaban J connectivity index is 1.72. The minimum Gasteiger partial charge on any atom is -0.494 e. The van der Waals surface area contributed by atoms with Crippen molar-refractivity contribution in [3.05, 3.63) is 24.3 Å². The Hall–Kier alpha value is -2.65. The van der Waals surface area contributed by atoms with Gasteiger partial charge in [0.2, 0.25) is 17.7 Å². The van der Waals surface area contributed by atoms with Crippen molar-refractivity contribution in [3.63, 3.8) is 0 Å². The van der Waals surface area contributed by atoms with E-state index >= 15 is 0 Å². The van der Waals surface area contributed by atoms with Crippen LogP contribution in [0.25, 0.3) is 0 Å². The van der Waals surface area contributed by atoms with E-state index in [0.29, 0.717) is 24.5 Å². The third-order valence-electron chi connectivity index (χ3n) is 7.95. The summed E-state index contributed by atoms with van der Waals surface area (Å²) in [5, 5.41) is 15.9. The van der Waals surface area contributed by atoms with E-state index in [0.717, 1.165) is 0 Å². The number of likely N-dealkylation sites (tertiary alicyclic amines) is 1. The number of ether oxygens (including phenoxy) is 2. The van der Waals surface area contributed by atoms with Crippen LogP contribution in [0.4, 0.5) is 5.69 Å². The largest absolute Gasteiger partial charge is 0.494 e. The number of anilines is 1. The molecule has 36 heavy (non-hydrogen) atoms. The number of amides is 3. The number of fused-ring (bicyclic) bond motifs is 1. The maximum atomic E-state index is 13.9. The molecule has 1 aromatic carbocycles. The predicted octanol–water partition coefficient (Wildman–Crippen LogP) is 2.33. The number of rotatable bonds is 7. The second-order valence-corrected chi connectivity index (χ2v) is 11.7. The number of benzene rings is 1. The van der Waals surface area contributed by atoms with Crippen molar-refractivity contribution in [2.75, 3.05) is 18.5 Å². The number of carbonyl (C=O) groups excluding carboxylic acids is 3. The second-order valence-electron chi connectivity index (χ2n) is 11.7. The first-order valence-corrected chi connectivity index (χ1v) is 12.8. The molecule has 1 spiro atoms. The maximum absolute atomic E-state index is 13.9. The van der Waals surface area contributed by atoms with Gasteiger partial charge >= 0.3 is 0 Å². The minimum absolute atomic E-state index is 0.0630. The molecule has 1 aromatic rings. The van der Waals surface area contributed by atoms with Crippen molar-refractivity contribution >= 4 is 23.4 Å². The van der Waals surface area contributed by atoms with Gasteiger partial charge in [0, 0.05) is 11.2 Å². The number of aliphatic hydroxyl groups is 1. The number of carbonyl (C=O) groups is 3. The highest BCUT2D eigenvalue weighted by molar-refractivity contribution is 6.02. The molecule has 0 aliphatic carbocycles. The summed E-state index contributed by atoms with van der Waals surface area (Å²) in [6, 6.07) is 5.53. The first-order valence-electron chi connectivity index (χ1n) is 12.8. The molecule has 3 aliphatic heterocycles. The van der Waals surface area contributed by atoms with Crippen LogP contribution in [0.2, 0.25) is 0 Å². The highest BCUT2D eigenvalue weighted by Gasteiger charge is 2.80. The monoisotopic (exact) mass is 501 g/mol. The number of nitrogens with zero attached hydrogens (tertiary/aromatic N) is 1. The van der Waals surface area contributed by atoms with Crippen LogP contribution in [0.15, 0.2) is 24.3 Å². The van der Waals surface area contributed by atoms with E-state index in [2.05, 4.69) is 10.6 Å². The summed E-state index contributed by atoms with van der Waals surface area (Å²) < 4.78 is 12.1. The predicted molar refractivity (Wildman–Crippen MR) is 134 cm³/mol. The molecular formula is C27H39N3O6. The highest BCUT2D eigenvalue weighted by atomic mass is 16.5. The fourth-order valence-electron chi connectivity index (χ4n) is 6.40. The Labute approximate surface area is 212 Å². The second kappa shape index (κ2) is 9.03. The van der Waals surface area contributed by atoms with Gasteiger partial charge in [0.15, 0.2) is 0 Å². The smallest absolute Gasteiger partial charge is 0.246 e. The van der Waals surface area contributed by atoms with E-state index in [1.165, 1.54) is 4.90 Å². The quantitative estimate of drug-likeness (QED) is 0.528. The third kappa shape index (κ3) is 4.06. The van der Waals surface area contributed by atoms with Gasteiger partial charge < -0.3 is 30.1 Å². The van der Waals surface area contributed by atoms with Gasteiger partial charge in [-0.1, -0.05) is 6.92 Å². The number of hydrogen-bond acceptors (Lipinski definition) is 6. The van der Waals surface area contributed by atoms with Gasteiger partial charge in [-0.3, -0.25) is 14.4 Å². The van der Waals surface area contributed by atoms with Crippen LogP contribution in [0.3, 0.4) is 0 Å². The van der Waals surface area contributed by atoms with Crippen molar-refractivity contribution in [1.82, 2.24) is 10.2 Å². The van der Waals surface area contributed by atoms with Crippen molar-refractivity contribution < 1.29 is 29.0 Å². The molecule has 0 aromatic heterocycles. The normalized spacial score (nSPS) is 33.9. The van der Waals surface area contributed by atoms with Crippen LogP contribution in [0.1, 0.15) is 54.9 Å². The fourth-order valence-corrected chi connectivity index (χ4v) is 6.40. The van der Waals surface area contributed by atoms with Crippen molar-refractivity contribution in [2.45, 2.75) is 83.7 Å². The summed E-state index contributed by atoms with van der Waals surface area (Å²) in [6.45, 7) is 13.4. The van der Waals surface area contributed by atoms with Crippen molar-refractivity contribution in [3.8, 4) is 5.75 Å². The van der Waals surface area contributed by atoms with E-state index in [1.807, 2.05) is 41.5 Å². The zero-order chi connectivity index (χ0) is 26.6. The van der Waals surface area contributed by atoms with E-state index in [1.54, 1.807) is 31.2 Å². The molecule has 3 heterocycles. The number of nitrogens with one attached hydrogen (secondary N) is 2. The zero-order valence-corrected chi connectivity index (χ0v) is 22.3. The third-order valence-corrected chi connectivity index (χ3v) is 7.95. The molecule has 3 amide bonds. The van der Waals surface area contributed by atoms with Crippen LogP contribution >= 0.6 is 0 Å². The van der Waals surface area contributed by atoms with Crippen LogP contribution in [-0.4, -0.2) is 69.8 Å². The lowest BCUT2D eigenvalue weighted by Gasteiger charge is -2.37. The van der Waals surface area contributed by atoms with Gasteiger partial charge in [0.1, 0.15) is 17.4 Å². The van der Waals surface area contributed by atoms with Crippen molar-refractivity contribution in [2.24, 2.45) is 17.8 Å². The molecule has 0 radical (unpaired) electrons. The van der Waals surface area contributed by atoms with Crippen LogP contribution < -0.4 is 15.4 Å². The molecule has 9 heteroatoms. The fraction of sp³-hybridized carbons (Fsp3) is 0.667. The Morgan fingerprint density at radius 3 is 2.44 bits per heavy atom. The van der Waals surface area contributed by atoms with Gasteiger partial charge in [0.25, 0.3) is 0 Å². The molecule has 9 nitrogen and oxygen atoms in total. The van der Waals surface area contributed by atoms with Crippen molar-refractivity contribution in [1.29, 1.82) is 0 Å². The lowest BCUT2D eigenvalue weighted by atomic mass is 9.62. The van der Waals surface area contributed by atoms with E-state index in [4.69, 9.17) is 9.47 Å². The van der Waals surface area contributed by atoms with E-state index in [-0.39, 0.29) is 30.2 Å². The Morgan fingerprint density at radius 2 is 1.89 bits per heavy atom. The first kappa shape index (κ1) is 26.4. The molecule has 3 fully saturated rings. The van der Waals surface area contributed by atoms with Gasteiger partial charge in [-0.15, -0.1) is 0 Å². The van der Waals surface area contributed by atoms with Crippen LogP contribution in [-0.2, 0) is 19.1 Å².